The van der Waals surface area contributed by atoms with Crippen LogP contribution in [0.4, 0.5) is 0 Å². The van der Waals surface area contributed by atoms with Crippen LogP contribution < -0.4 is 9.47 Å². The van der Waals surface area contributed by atoms with Crippen LogP contribution in [0.25, 0.3) is 43.8 Å². The molecule has 142 valence electrons. The lowest BCUT2D eigenvalue weighted by molar-refractivity contribution is 0.419. The highest BCUT2D eigenvalue weighted by atomic mass is 16.5. The summed E-state index contributed by atoms with van der Waals surface area (Å²) in [5.41, 5.74) is 3.74. The number of phenolic OH excluding ortho intramolecular Hbond substituents is 1. The Morgan fingerprint density at radius 3 is 2.28 bits per heavy atom. The average Bonchev–Trinajstić information content (AvgIpc) is 2.77. The summed E-state index contributed by atoms with van der Waals surface area (Å²) in [6.07, 6.45) is 5.16. The van der Waals surface area contributed by atoms with Gasteiger partial charge in [0.1, 0.15) is 33.8 Å². The van der Waals surface area contributed by atoms with Crippen LogP contribution in [-0.2, 0) is 0 Å². The summed E-state index contributed by atoms with van der Waals surface area (Å²) >= 11 is 0. The molecule has 3 heterocycles. The maximum atomic E-state index is 10.2. The van der Waals surface area contributed by atoms with E-state index in [9.17, 15) is 5.11 Å². The minimum absolute atomic E-state index is 0.138. The zero-order valence-electron chi connectivity index (χ0n) is 15.9. The molecule has 0 unspecified atom stereocenters. The number of benzene rings is 2. The Kier molecular flexibility index (Phi) is 3.91. The van der Waals surface area contributed by atoms with E-state index < -0.39 is 0 Å². The molecule has 29 heavy (non-hydrogen) atoms. The molecule has 0 fully saturated rings. The number of phenols is 1. The molecule has 0 aliphatic rings. The number of aromatic nitrogens is 3. The van der Waals surface area contributed by atoms with Gasteiger partial charge in [-0.1, -0.05) is 12.1 Å². The number of para-hydroxylation sites is 1. The van der Waals surface area contributed by atoms with Gasteiger partial charge < -0.3 is 14.6 Å². The quantitative estimate of drug-likeness (QED) is 0.454. The number of pyridine rings is 3. The standard InChI is InChI=1S/C23H17N3O3/c1-28-19-9-11-25-21-15(19)6-7-16-22(21)26-12-17(23(16)29-2)13-8-10-24-20-14(13)4-3-5-18(20)27/h3-12,27H,1-2H3. The van der Waals surface area contributed by atoms with Crippen molar-refractivity contribution in [2.45, 2.75) is 0 Å². The van der Waals surface area contributed by atoms with E-state index in [2.05, 4.69) is 9.97 Å². The van der Waals surface area contributed by atoms with E-state index in [0.717, 1.165) is 44.1 Å². The summed E-state index contributed by atoms with van der Waals surface area (Å²) in [7, 11) is 3.28. The van der Waals surface area contributed by atoms with Gasteiger partial charge in [0, 0.05) is 40.3 Å². The summed E-state index contributed by atoms with van der Waals surface area (Å²) in [6, 6.07) is 13.0. The molecule has 6 heteroatoms. The molecule has 5 rings (SSSR count). The molecular weight excluding hydrogens is 366 g/mol. The zero-order valence-corrected chi connectivity index (χ0v) is 15.9. The van der Waals surface area contributed by atoms with Gasteiger partial charge in [-0.3, -0.25) is 15.0 Å². The van der Waals surface area contributed by atoms with Gasteiger partial charge in [-0.05, 0) is 35.9 Å². The Morgan fingerprint density at radius 2 is 1.45 bits per heavy atom. The molecule has 0 amide bonds. The number of methoxy groups -OCH3 is 2. The lowest BCUT2D eigenvalue weighted by Crippen LogP contribution is -1.95. The number of aromatic hydroxyl groups is 1. The van der Waals surface area contributed by atoms with Crippen molar-refractivity contribution in [1.29, 1.82) is 0 Å². The van der Waals surface area contributed by atoms with Gasteiger partial charge in [0.2, 0.25) is 0 Å². The second-order valence-corrected chi connectivity index (χ2v) is 6.61. The van der Waals surface area contributed by atoms with E-state index >= 15 is 0 Å². The van der Waals surface area contributed by atoms with Crippen molar-refractivity contribution >= 4 is 32.7 Å². The van der Waals surface area contributed by atoms with Gasteiger partial charge >= 0.3 is 0 Å². The van der Waals surface area contributed by atoms with Crippen molar-refractivity contribution in [3.05, 3.63) is 61.1 Å². The Labute approximate surface area is 166 Å². The molecule has 0 atom stereocenters. The zero-order chi connectivity index (χ0) is 20.0. The third-order valence-corrected chi connectivity index (χ3v) is 5.12. The fourth-order valence-corrected chi connectivity index (χ4v) is 3.81. The van der Waals surface area contributed by atoms with Crippen LogP contribution in [0.15, 0.2) is 61.1 Å². The maximum absolute atomic E-state index is 10.2. The second-order valence-electron chi connectivity index (χ2n) is 6.61. The highest BCUT2D eigenvalue weighted by Gasteiger charge is 2.17. The van der Waals surface area contributed by atoms with E-state index in [-0.39, 0.29) is 5.75 Å². The first-order valence-electron chi connectivity index (χ1n) is 9.08. The normalized spacial score (nSPS) is 11.2. The minimum atomic E-state index is 0.138. The number of hydrogen-bond donors (Lipinski definition) is 1. The number of fused-ring (bicyclic) bond motifs is 4. The lowest BCUT2D eigenvalue weighted by atomic mass is 9.99. The fraction of sp³-hybridized carbons (Fsp3) is 0.0870. The van der Waals surface area contributed by atoms with Gasteiger partial charge in [-0.15, -0.1) is 0 Å². The predicted octanol–water partition coefficient (Wildman–Crippen LogP) is 4.72. The van der Waals surface area contributed by atoms with Crippen molar-refractivity contribution in [3.8, 4) is 28.4 Å². The summed E-state index contributed by atoms with van der Waals surface area (Å²) < 4.78 is 11.3. The molecule has 0 saturated carbocycles. The van der Waals surface area contributed by atoms with Crippen LogP contribution in [0.1, 0.15) is 0 Å². The van der Waals surface area contributed by atoms with Crippen LogP contribution in [0.5, 0.6) is 17.2 Å². The number of hydrogen-bond acceptors (Lipinski definition) is 6. The van der Waals surface area contributed by atoms with E-state index in [1.165, 1.54) is 0 Å². The van der Waals surface area contributed by atoms with Gasteiger partial charge in [0.15, 0.2) is 0 Å². The van der Waals surface area contributed by atoms with Crippen molar-refractivity contribution < 1.29 is 14.6 Å². The van der Waals surface area contributed by atoms with E-state index in [0.29, 0.717) is 11.3 Å². The van der Waals surface area contributed by atoms with Gasteiger partial charge in [0.25, 0.3) is 0 Å². The SMILES string of the molecule is COc1ccnc2c1ccc1c(OC)c(-c3ccnc4c(O)cccc34)cnc12. The van der Waals surface area contributed by atoms with Gasteiger partial charge in [-0.2, -0.15) is 0 Å². The first-order valence-corrected chi connectivity index (χ1v) is 9.08. The number of rotatable bonds is 3. The molecule has 5 aromatic rings. The molecule has 0 radical (unpaired) electrons. The van der Waals surface area contributed by atoms with Crippen molar-refractivity contribution in [2.75, 3.05) is 14.2 Å². The fourth-order valence-electron chi connectivity index (χ4n) is 3.81. The Bertz CT molecular complexity index is 1400. The van der Waals surface area contributed by atoms with Crippen LogP contribution in [0, 0.1) is 0 Å². The monoisotopic (exact) mass is 383 g/mol. The van der Waals surface area contributed by atoms with Crippen molar-refractivity contribution in [1.82, 2.24) is 15.0 Å². The third kappa shape index (κ3) is 2.53. The molecule has 0 bridgehead atoms. The smallest absolute Gasteiger partial charge is 0.141 e. The lowest BCUT2D eigenvalue weighted by Gasteiger charge is -2.14. The van der Waals surface area contributed by atoms with E-state index in [1.807, 2.05) is 30.3 Å². The summed E-state index contributed by atoms with van der Waals surface area (Å²) in [5, 5.41) is 12.7. The largest absolute Gasteiger partial charge is 0.506 e. The Morgan fingerprint density at radius 1 is 0.690 bits per heavy atom. The molecule has 0 aliphatic carbocycles. The maximum Gasteiger partial charge on any atom is 0.141 e. The summed E-state index contributed by atoms with van der Waals surface area (Å²) in [5.74, 6) is 1.58. The summed E-state index contributed by atoms with van der Waals surface area (Å²) in [4.78, 5) is 13.5. The predicted molar refractivity (Wildman–Crippen MR) is 113 cm³/mol. The van der Waals surface area contributed by atoms with E-state index in [4.69, 9.17) is 14.5 Å². The molecule has 0 aliphatic heterocycles. The van der Waals surface area contributed by atoms with Gasteiger partial charge in [0.05, 0.1) is 14.2 Å². The summed E-state index contributed by atoms with van der Waals surface area (Å²) in [6.45, 7) is 0. The molecular formula is C23H17N3O3. The molecule has 0 spiro atoms. The van der Waals surface area contributed by atoms with Crippen molar-refractivity contribution in [2.24, 2.45) is 0 Å². The Hall–Kier alpha value is -3.93. The first-order chi connectivity index (χ1) is 14.2. The average molecular weight is 383 g/mol. The van der Waals surface area contributed by atoms with Gasteiger partial charge in [-0.25, -0.2) is 0 Å². The topological polar surface area (TPSA) is 77.4 Å². The number of ether oxygens (including phenoxy) is 2. The molecule has 2 aromatic carbocycles. The molecule has 3 aromatic heterocycles. The third-order valence-electron chi connectivity index (χ3n) is 5.12. The van der Waals surface area contributed by atoms with Crippen LogP contribution in [0.2, 0.25) is 0 Å². The van der Waals surface area contributed by atoms with Crippen LogP contribution in [-0.4, -0.2) is 34.3 Å². The number of nitrogens with zero attached hydrogens (tertiary/aromatic N) is 3. The highest BCUT2D eigenvalue weighted by Crippen LogP contribution is 2.41. The first kappa shape index (κ1) is 17.2. The molecule has 0 saturated heterocycles. The Balaban J connectivity index is 1.85. The highest BCUT2D eigenvalue weighted by molar-refractivity contribution is 6.10. The molecule has 6 nitrogen and oxygen atoms in total. The van der Waals surface area contributed by atoms with Crippen LogP contribution >= 0.6 is 0 Å². The molecule has 1 N–H and O–H groups in total. The van der Waals surface area contributed by atoms with E-state index in [1.54, 1.807) is 44.9 Å². The van der Waals surface area contributed by atoms with Crippen LogP contribution in [0.3, 0.4) is 0 Å². The van der Waals surface area contributed by atoms with Crippen molar-refractivity contribution in [3.63, 3.8) is 0 Å². The minimum Gasteiger partial charge on any atom is -0.506 e. The second kappa shape index (κ2) is 6.60.